The van der Waals surface area contributed by atoms with Gasteiger partial charge in [-0.05, 0) is 50.1 Å². The van der Waals surface area contributed by atoms with Crippen molar-refractivity contribution in [3.05, 3.63) is 47.5 Å². The molecule has 1 unspecified atom stereocenters. The summed E-state index contributed by atoms with van der Waals surface area (Å²) in [5.41, 5.74) is 4.32. The Morgan fingerprint density at radius 3 is 2.71 bits per heavy atom. The summed E-state index contributed by atoms with van der Waals surface area (Å²) < 4.78 is 5.91. The van der Waals surface area contributed by atoms with Gasteiger partial charge in [-0.25, -0.2) is 0 Å². The van der Waals surface area contributed by atoms with Crippen LogP contribution in [0.5, 0.6) is 5.75 Å². The molecule has 3 aromatic rings. The Hall–Kier alpha value is -2.89. The Kier molecular flexibility index (Phi) is 4.46. The molecule has 3 rings (SSSR count). The lowest BCUT2D eigenvalue weighted by molar-refractivity contribution is -0.122. The van der Waals surface area contributed by atoms with Gasteiger partial charge in [0.15, 0.2) is 6.10 Å². The number of anilines is 1. The van der Waals surface area contributed by atoms with Crippen LogP contribution < -0.4 is 10.1 Å². The smallest absolute Gasteiger partial charge is 0.265 e. The van der Waals surface area contributed by atoms with Gasteiger partial charge in [0.25, 0.3) is 5.91 Å². The number of benzene rings is 2. The van der Waals surface area contributed by atoms with Crippen LogP contribution in [0.3, 0.4) is 0 Å². The van der Waals surface area contributed by atoms with Crippen LogP contribution in [0.1, 0.15) is 24.5 Å². The average molecular weight is 324 g/mol. The van der Waals surface area contributed by atoms with Gasteiger partial charge in [-0.15, -0.1) is 0 Å². The number of nitrogens with one attached hydrogen (secondary N) is 2. The number of carbonyl (C=O) groups is 1. The third-order valence-electron chi connectivity index (χ3n) is 3.85. The van der Waals surface area contributed by atoms with Crippen LogP contribution in [0, 0.1) is 13.8 Å². The summed E-state index contributed by atoms with van der Waals surface area (Å²) in [4.78, 5) is 12.5. The minimum atomic E-state index is -0.556. The second kappa shape index (κ2) is 6.70. The van der Waals surface area contributed by atoms with Crippen molar-refractivity contribution in [3.8, 4) is 5.75 Å². The van der Waals surface area contributed by atoms with Crippen molar-refractivity contribution in [2.75, 3.05) is 5.32 Å². The molecule has 0 bridgehead atoms. The van der Waals surface area contributed by atoms with Crippen LogP contribution in [-0.2, 0) is 4.79 Å². The van der Waals surface area contributed by atoms with Gasteiger partial charge < -0.3 is 10.1 Å². The Labute approximate surface area is 140 Å². The SMILES string of the molecule is CCC(Oc1ccc(C)cc1C)C(=O)Nc1ccc2n[nH]nc2c1. The molecule has 1 aromatic heterocycles. The molecule has 124 valence electrons. The molecule has 0 saturated heterocycles. The molecule has 0 aliphatic heterocycles. The summed E-state index contributed by atoms with van der Waals surface area (Å²) >= 11 is 0. The molecule has 1 heterocycles. The fourth-order valence-corrected chi connectivity index (χ4v) is 2.55. The molecular weight excluding hydrogens is 304 g/mol. The van der Waals surface area contributed by atoms with E-state index in [-0.39, 0.29) is 5.91 Å². The van der Waals surface area contributed by atoms with Gasteiger partial charge in [-0.2, -0.15) is 15.4 Å². The number of aryl methyl sites for hydroxylation is 2. The molecule has 0 saturated carbocycles. The predicted molar refractivity (Wildman–Crippen MR) is 93.1 cm³/mol. The van der Waals surface area contributed by atoms with Gasteiger partial charge >= 0.3 is 0 Å². The quantitative estimate of drug-likeness (QED) is 0.754. The molecule has 6 heteroatoms. The molecular formula is C18H20N4O2. The van der Waals surface area contributed by atoms with Crippen LogP contribution in [0.15, 0.2) is 36.4 Å². The number of nitrogens with zero attached hydrogens (tertiary/aromatic N) is 2. The highest BCUT2D eigenvalue weighted by atomic mass is 16.5. The molecule has 0 fully saturated rings. The fraction of sp³-hybridized carbons (Fsp3) is 0.278. The maximum absolute atomic E-state index is 12.5. The van der Waals surface area contributed by atoms with Crippen LogP contribution in [0.4, 0.5) is 5.69 Å². The zero-order valence-corrected chi connectivity index (χ0v) is 14.0. The fourth-order valence-electron chi connectivity index (χ4n) is 2.55. The number of carbonyl (C=O) groups excluding carboxylic acids is 1. The molecule has 2 aromatic carbocycles. The summed E-state index contributed by atoms with van der Waals surface area (Å²) in [5, 5.41) is 13.4. The normalized spacial score (nSPS) is 12.1. The second-order valence-corrected chi connectivity index (χ2v) is 5.80. The molecule has 0 spiro atoms. The van der Waals surface area contributed by atoms with E-state index in [1.807, 2.05) is 39.0 Å². The topological polar surface area (TPSA) is 79.9 Å². The zero-order chi connectivity index (χ0) is 17.1. The van der Waals surface area contributed by atoms with Crippen LogP contribution in [0.25, 0.3) is 11.0 Å². The second-order valence-electron chi connectivity index (χ2n) is 5.80. The maximum atomic E-state index is 12.5. The zero-order valence-electron chi connectivity index (χ0n) is 14.0. The van der Waals surface area contributed by atoms with E-state index < -0.39 is 6.10 Å². The van der Waals surface area contributed by atoms with Crippen LogP contribution in [-0.4, -0.2) is 27.4 Å². The van der Waals surface area contributed by atoms with Crippen molar-refractivity contribution in [2.45, 2.75) is 33.3 Å². The average Bonchev–Trinajstić information content (AvgIpc) is 3.01. The number of fused-ring (bicyclic) bond motifs is 1. The number of rotatable bonds is 5. The highest BCUT2D eigenvalue weighted by Gasteiger charge is 2.19. The standard InChI is InChI=1S/C18H20N4O2/c1-4-16(24-17-8-5-11(2)9-12(17)3)18(23)19-13-6-7-14-15(10-13)21-22-20-14/h5-10,16H,4H2,1-3H3,(H,19,23)(H,20,21,22). The van der Waals surface area contributed by atoms with E-state index in [0.717, 1.165) is 16.8 Å². The number of aromatic nitrogens is 3. The molecule has 2 N–H and O–H groups in total. The number of H-pyrrole nitrogens is 1. The molecule has 24 heavy (non-hydrogen) atoms. The van der Waals surface area contributed by atoms with E-state index in [1.165, 1.54) is 5.56 Å². The predicted octanol–water partition coefficient (Wildman–Crippen LogP) is 3.37. The van der Waals surface area contributed by atoms with E-state index in [0.29, 0.717) is 17.6 Å². The third kappa shape index (κ3) is 3.37. The van der Waals surface area contributed by atoms with Crippen molar-refractivity contribution in [1.82, 2.24) is 15.4 Å². The molecule has 1 amide bonds. The third-order valence-corrected chi connectivity index (χ3v) is 3.85. The van der Waals surface area contributed by atoms with E-state index in [2.05, 4.69) is 20.7 Å². The van der Waals surface area contributed by atoms with Gasteiger partial charge in [0.1, 0.15) is 16.8 Å². The van der Waals surface area contributed by atoms with Crippen LogP contribution >= 0.6 is 0 Å². The minimum Gasteiger partial charge on any atom is -0.480 e. The van der Waals surface area contributed by atoms with Gasteiger partial charge in [-0.1, -0.05) is 24.6 Å². The summed E-state index contributed by atoms with van der Waals surface area (Å²) in [7, 11) is 0. The van der Waals surface area contributed by atoms with Crippen molar-refractivity contribution < 1.29 is 9.53 Å². The lowest BCUT2D eigenvalue weighted by Crippen LogP contribution is -2.32. The van der Waals surface area contributed by atoms with Crippen molar-refractivity contribution in [3.63, 3.8) is 0 Å². The summed E-state index contributed by atoms with van der Waals surface area (Å²) in [6.45, 7) is 5.93. The van der Waals surface area contributed by atoms with E-state index in [1.54, 1.807) is 18.2 Å². The lowest BCUT2D eigenvalue weighted by atomic mass is 10.1. The number of amides is 1. The largest absolute Gasteiger partial charge is 0.480 e. The number of hydrogen-bond acceptors (Lipinski definition) is 4. The molecule has 1 atom stereocenters. The van der Waals surface area contributed by atoms with Crippen molar-refractivity contribution in [2.24, 2.45) is 0 Å². The summed E-state index contributed by atoms with van der Waals surface area (Å²) in [6.07, 6.45) is 0.0187. The first-order valence-electron chi connectivity index (χ1n) is 7.92. The van der Waals surface area contributed by atoms with E-state index in [9.17, 15) is 4.79 Å². The Morgan fingerprint density at radius 1 is 1.17 bits per heavy atom. The lowest BCUT2D eigenvalue weighted by Gasteiger charge is -2.19. The minimum absolute atomic E-state index is 0.180. The first-order valence-corrected chi connectivity index (χ1v) is 7.92. The van der Waals surface area contributed by atoms with Crippen LogP contribution in [0.2, 0.25) is 0 Å². The van der Waals surface area contributed by atoms with Gasteiger partial charge in [0, 0.05) is 5.69 Å². The van der Waals surface area contributed by atoms with Crippen molar-refractivity contribution >= 4 is 22.6 Å². The molecule has 0 radical (unpaired) electrons. The summed E-state index contributed by atoms with van der Waals surface area (Å²) in [5.74, 6) is 0.551. The highest BCUT2D eigenvalue weighted by molar-refractivity contribution is 5.95. The monoisotopic (exact) mass is 324 g/mol. The van der Waals surface area contributed by atoms with E-state index >= 15 is 0 Å². The molecule has 6 nitrogen and oxygen atoms in total. The highest BCUT2D eigenvalue weighted by Crippen LogP contribution is 2.22. The van der Waals surface area contributed by atoms with Crippen molar-refractivity contribution in [1.29, 1.82) is 0 Å². The molecule has 0 aliphatic rings. The summed E-state index contributed by atoms with van der Waals surface area (Å²) in [6, 6.07) is 11.3. The number of ether oxygens (including phenoxy) is 1. The van der Waals surface area contributed by atoms with Gasteiger partial charge in [0.2, 0.25) is 0 Å². The number of hydrogen-bond donors (Lipinski definition) is 2. The first-order chi connectivity index (χ1) is 11.6. The Morgan fingerprint density at radius 2 is 1.96 bits per heavy atom. The maximum Gasteiger partial charge on any atom is 0.265 e. The number of aromatic amines is 1. The Balaban J connectivity index is 1.73. The van der Waals surface area contributed by atoms with E-state index in [4.69, 9.17) is 4.74 Å². The molecule has 0 aliphatic carbocycles. The van der Waals surface area contributed by atoms with Gasteiger partial charge in [-0.3, -0.25) is 4.79 Å². The Bertz CT molecular complexity index is 872. The first kappa shape index (κ1) is 16.0. The van der Waals surface area contributed by atoms with Gasteiger partial charge in [0.05, 0.1) is 0 Å².